The molecule has 31 heavy (non-hydrogen) atoms. The number of hydrogen-bond acceptors (Lipinski definition) is 4. The van der Waals surface area contributed by atoms with Gasteiger partial charge in [-0.15, -0.1) is 0 Å². The van der Waals surface area contributed by atoms with Crippen LogP contribution in [0.4, 0.5) is 10.5 Å². The molecule has 162 valence electrons. The number of anilines is 1. The van der Waals surface area contributed by atoms with Crippen LogP contribution in [0.25, 0.3) is 0 Å². The Morgan fingerprint density at radius 2 is 1.77 bits per heavy atom. The molecule has 2 N–H and O–H groups in total. The zero-order chi connectivity index (χ0) is 21.8. The number of carbonyl (C=O) groups is 1. The molecule has 0 unspecified atom stereocenters. The van der Waals surface area contributed by atoms with Gasteiger partial charge in [-0.1, -0.05) is 36.4 Å². The number of phenols is 1. The average molecular weight is 420 g/mol. The van der Waals surface area contributed by atoms with Crippen molar-refractivity contribution < 1.29 is 9.90 Å². The highest BCUT2D eigenvalue weighted by Crippen LogP contribution is 2.21. The summed E-state index contributed by atoms with van der Waals surface area (Å²) in [5.41, 5.74) is 5.28. The zero-order valence-electron chi connectivity index (χ0n) is 18.1. The van der Waals surface area contributed by atoms with Crippen LogP contribution in [0, 0.1) is 13.8 Å². The van der Waals surface area contributed by atoms with Crippen LogP contribution in [-0.4, -0.2) is 52.0 Å². The van der Waals surface area contributed by atoms with Crippen LogP contribution in [0.5, 0.6) is 5.75 Å². The maximum Gasteiger partial charge on any atom is 0.317 e. The van der Waals surface area contributed by atoms with E-state index in [1.807, 2.05) is 46.8 Å². The van der Waals surface area contributed by atoms with Gasteiger partial charge >= 0.3 is 6.03 Å². The summed E-state index contributed by atoms with van der Waals surface area (Å²) in [5, 5.41) is 17.4. The van der Waals surface area contributed by atoms with E-state index in [4.69, 9.17) is 0 Å². The second-order valence-electron chi connectivity index (χ2n) is 7.95. The van der Waals surface area contributed by atoms with Gasteiger partial charge in [0.25, 0.3) is 0 Å². The predicted octanol–water partition coefficient (Wildman–Crippen LogP) is 3.29. The number of phenolic OH excluding ortho intramolecular Hbond substituents is 1. The minimum Gasteiger partial charge on any atom is -0.508 e. The Hall–Kier alpha value is -3.48. The van der Waals surface area contributed by atoms with Crippen molar-refractivity contribution >= 4 is 11.7 Å². The first-order chi connectivity index (χ1) is 15.0. The molecule has 1 aliphatic rings. The second kappa shape index (κ2) is 9.12. The molecule has 2 aromatic carbocycles. The zero-order valence-corrected chi connectivity index (χ0v) is 18.1. The average Bonchev–Trinajstić information content (AvgIpc) is 3.05. The third-order valence-electron chi connectivity index (χ3n) is 5.88. The molecule has 7 heteroatoms. The van der Waals surface area contributed by atoms with Gasteiger partial charge in [0, 0.05) is 55.7 Å². The number of amides is 2. The SMILES string of the molecule is Cc1nn(Cc2ccccc2)c(C)c1CNC(=O)N1CCN(c2cccc(O)c2)CC1. The fourth-order valence-corrected chi connectivity index (χ4v) is 4.03. The third-order valence-corrected chi connectivity index (χ3v) is 5.88. The summed E-state index contributed by atoms with van der Waals surface area (Å²) in [4.78, 5) is 16.7. The molecule has 0 atom stereocenters. The summed E-state index contributed by atoms with van der Waals surface area (Å²) >= 11 is 0. The van der Waals surface area contributed by atoms with Crippen LogP contribution in [-0.2, 0) is 13.1 Å². The highest BCUT2D eigenvalue weighted by molar-refractivity contribution is 5.74. The van der Waals surface area contributed by atoms with E-state index in [0.717, 1.165) is 42.3 Å². The van der Waals surface area contributed by atoms with Gasteiger partial charge in [0.2, 0.25) is 0 Å². The molecule has 1 fully saturated rings. The van der Waals surface area contributed by atoms with E-state index < -0.39 is 0 Å². The van der Waals surface area contributed by atoms with E-state index in [2.05, 4.69) is 34.4 Å². The van der Waals surface area contributed by atoms with Gasteiger partial charge in [-0.25, -0.2) is 4.79 Å². The lowest BCUT2D eigenvalue weighted by Crippen LogP contribution is -2.51. The van der Waals surface area contributed by atoms with Crippen LogP contribution in [0.15, 0.2) is 54.6 Å². The predicted molar refractivity (Wildman–Crippen MR) is 121 cm³/mol. The molecule has 2 amide bonds. The number of benzene rings is 2. The van der Waals surface area contributed by atoms with Gasteiger partial charge in [0.1, 0.15) is 5.75 Å². The number of rotatable bonds is 5. The number of piperazine rings is 1. The number of aryl methyl sites for hydroxylation is 1. The third kappa shape index (κ3) is 4.82. The minimum absolute atomic E-state index is 0.0508. The number of carbonyl (C=O) groups excluding carboxylic acids is 1. The monoisotopic (exact) mass is 419 g/mol. The first kappa shape index (κ1) is 20.8. The Labute approximate surface area is 182 Å². The number of hydrogen-bond donors (Lipinski definition) is 2. The highest BCUT2D eigenvalue weighted by Gasteiger charge is 2.22. The number of aromatic nitrogens is 2. The molecule has 3 aromatic rings. The van der Waals surface area contributed by atoms with Crippen LogP contribution in [0.1, 0.15) is 22.5 Å². The van der Waals surface area contributed by atoms with Crippen molar-refractivity contribution in [3.8, 4) is 5.75 Å². The van der Waals surface area contributed by atoms with Crippen molar-refractivity contribution in [1.29, 1.82) is 0 Å². The van der Waals surface area contributed by atoms with Crippen molar-refractivity contribution in [3.63, 3.8) is 0 Å². The first-order valence-corrected chi connectivity index (χ1v) is 10.6. The molecule has 4 rings (SSSR count). The Morgan fingerprint density at radius 3 is 2.48 bits per heavy atom. The smallest absolute Gasteiger partial charge is 0.317 e. The lowest BCUT2D eigenvalue weighted by atomic mass is 10.2. The first-order valence-electron chi connectivity index (χ1n) is 10.6. The molecule has 0 saturated carbocycles. The molecule has 0 bridgehead atoms. The maximum atomic E-state index is 12.7. The number of aromatic hydroxyl groups is 1. The number of urea groups is 1. The standard InChI is InChI=1S/C24H29N5O2/c1-18-23(19(2)29(26-18)17-20-7-4-3-5-8-20)16-25-24(31)28-13-11-27(12-14-28)21-9-6-10-22(30)15-21/h3-10,15,30H,11-14,16-17H2,1-2H3,(H,25,31). The molecule has 1 aromatic heterocycles. The molecular weight excluding hydrogens is 390 g/mol. The maximum absolute atomic E-state index is 12.7. The van der Waals surface area contributed by atoms with Gasteiger partial charge in [0.05, 0.1) is 12.2 Å². The summed E-state index contributed by atoms with van der Waals surface area (Å²) in [7, 11) is 0. The Balaban J connectivity index is 1.32. The van der Waals surface area contributed by atoms with Crippen LogP contribution in [0.2, 0.25) is 0 Å². The second-order valence-corrected chi connectivity index (χ2v) is 7.95. The quantitative estimate of drug-likeness (QED) is 0.666. The van der Waals surface area contributed by atoms with E-state index >= 15 is 0 Å². The van der Waals surface area contributed by atoms with Crippen molar-refractivity contribution in [3.05, 3.63) is 77.1 Å². The molecule has 0 radical (unpaired) electrons. The summed E-state index contributed by atoms with van der Waals surface area (Å²) in [5.74, 6) is 0.260. The van der Waals surface area contributed by atoms with Crippen LogP contribution < -0.4 is 10.2 Å². The van der Waals surface area contributed by atoms with Gasteiger partial charge in [0.15, 0.2) is 0 Å². The number of nitrogens with zero attached hydrogens (tertiary/aromatic N) is 4. The molecule has 7 nitrogen and oxygen atoms in total. The van der Waals surface area contributed by atoms with Gasteiger partial charge in [-0.3, -0.25) is 4.68 Å². The Kier molecular flexibility index (Phi) is 6.11. The minimum atomic E-state index is -0.0508. The molecular formula is C24H29N5O2. The Bertz CT molecular complexity index is 1040. The van der Waals surface area contributed by atoms with Crippen molar-refractivity contribution in [2.24, 2.45) is 0 Å². The summed E-state index contributed by atoms with van der Waals surface area (Å²) in [6.45, 7) is 8.01. The molecule has 1 saturated heterocycles. The van der Waals surface area contributed by atoms with E-state index in [-0.39, 0.29) is 11.8 Å². The van der Waals surface area contributed by atoms with Gasteiger partial charge < -0.3 is 20.2 Å². The summed E-state index contributed by atoms with van der Waals surface area (Å²) in [6.07, 6.45) is 0. The summed E-state index contributed by atoms with van der Waals surface area (Å²) < 4.78 is 2.00. The molecule has 0 spiro atoms. The largest absolute Gasteiger partial charge is 0.508 e. The van der Waals surface area contributed by atoms with Crippen LogP contribution in [0.3, 0.4) is 0 Å². The van der Waals surface area contributed by atoms with Crippen molar-refractivity contribution in [2.45, 2.75) is 26.9 Å². The van der Waals surface area contributed by atoms with E-state index in [0.29, 0.717) is 19.6 Å². The number of nitrogens with one attached hydrogen (secondary N) is 1. The fraction of sp³-hybridized carbons (Fsp3) is 0.333. The lowest BCUT2D eigenvalue weighted by Gasteiger charge is -2.36. The Morgan fingerprint density at radius 1 is 1.03 bits per heavy atom. The lowest BCUT2D eigenvalue weighted by molar-refractivity contribution is 0.194. The molecule has 2 heterocycles. The van der Waals surface area contributed by atoms with Crippen molar-refractivity contribution in [2.75, 3.05) is 31.1 Å². The van der Waals surface area contributed by atoms with Gasteiger partial charge in [-0.2, -0.15) is 5.10 Å². The summed E-state index contributed by atoms with van der Waals surface area (Å²) in [6, 6.07) is 17.4. The van der Waals surface area contributed by atoms with Crippen molar-refractivity contribution in [1.82, 2.24) is 20.0 Å². The molecule has 1 aliphatic heterocycles. The normalized spacial score (nSPS) is 14.0. The van der Waals surface area contributed by atoms with E-state index in [9.17, 15) is 9.90 Å². The molecule has 0 aliphatic carbocycles. The van der Waals surface area contributed by atoms with Gasteiger partial charge in [-0.05, 0) is 31.5 Å². The fourth-order valence-electron chi connectivity index (χ4n) is 4.03. The topological polar surface area (TPSA) is 73.6 Å². The van der Waals surface area contributed by atoms with Crippen LogP contribution >= 0.6 is 0 Å². The van der Waals surface area contributed by atoms with E-state index in [1.165, 1.54) is 5.56 Å². The highest BCUT2D eigenvalue weighted by atomic mass is 16.3. The van der Waals surface area contributed by atoms with E-state index in [1.54, 1.807) is 12.1 Å².